The highest BCUT2D eigenvalue weighted by Crippen LogP contribution is 2.33. The van der Waals surface area contributed by atoms with Crippen molar-refractivity contribution < 1.29 is 9.59 Å². The molecule has 168 valence electrons. The number of fused-ring (bicyclic) bond motifs is 3. The van der Waals surface area contributed by atoms with E-state index in [4.69, 9.17) is 0 Å². The second kappa shape index (κ2) is 7.54. The van der Waals surface area contributed by atoms with Crippen LogP contribution in [-0.4, -0.2) is 63.9 Å². The minimum Gasteiger partial charge on any atom is -0.366 e. The first-order chi connectivity index (χ1) is 16.1. The summed E-state index contributed by atoms with van der Waals surface area (Å²) in [5.41, 5.74) is 6.23. The summed E-state index contributed by atoms with van der Waals surface area (Å²) in [4.78, 5) is 34.2. The monoisotopic (exact) mass is 443 g/mol. The van der Waals surface area contributed by atoms with Crippen LogP contribution in [0.1, 0.15) is 38.9 Å². The molecular formula is C24H25N7O2. The lowest BCUT2D eigenvalue weighted by molar-refractivity contribution is 0.0717. The molecule has 2 aromatic rings. The second-order valence-corrected chi connectivity index (χ2v) is 8.69. The number of nitrogens with one attached hydrogen (secondary N) is 3. The third-order valence-electron chi connectivity index (χ3n) is 6.51. The van der Waals surface area contributed by atoms with Gasteiger partial charge in [-0.05, 0) is 24.6 Å². The van der Waals surface area contributed by atoms with Gasteiger partial charge in [0.15, 0.2) is 0 Å². The van der Waals surface area contributed by atoms with E-state index in [1.807, 2.05) is 40.9 Å². The van der Waals surface area contributed by atoms with Gasteiger partial charge >= 0.3 is 0 Å². The topological polar surface area (TPSA) is 94.5 Å². The maximum atomic E-state index is 13.4. The van der Waals surface area contributed by atoms with E-state index >= 15 is 0 Å². The number of allylic oxidation sites excluding steroid dienone is 1. The summed E-state index contributed by atoms with van der Waals surface area (Å²) in [6.45, 7) is 6.02. The van der Waals surface area contributed by atoms with Gasteiger partial charge in [-0.2, -0.15) is 0 Å². The highest BCUT2D eigenvalue weighted by atomic mass is 16.2. The minimum absolute atomic E-state index is 0.0300. The lowest BCUT2D eigenvalue weighted by Gasteiger charge is -2.38. The SMILES string of the molecule is CC1=CN2CCN(C(=O)c3cnc4c(c3)C(c3cc5n(c3)CCNC5=O)=CCN4)CC2=CN1. The number of carbonyl (C=O) groups excluding carboxylic acids is 2. The number of rotatable bonds is 2. The summed E-state index contributed by atoms with van der Waals surface area (Å²) in [7, 11) is 0. The summed E-state index contributed by atoms with van der Waals surface area (Å²) >= 11 is 0. The van der Waals surface area contributed by atoms with Crippen molar-refractivity contribution in [1.29, 1.82) is 0 Å². The fourth-order valence-corrected chi connectivity index (χ4v) is 4.81. The van der Waals surface area contributed by atoms with Crippen LogP contribution in [-0.2, 0) is 6.54 Å². The van der Waals surface area contributed by atoms with Gasteiger partial charge in [-0.25, -0.2) is 4.98 Å². The van der Waals surface area contributed by atoms with Crippen LogP contribution in [0.25, 0.3) is 5.57 Å². The number of anilines is 1. The van der Waals surface area contributed by atoms with Gasteiger partial charge in [-0.3, -0.25) is 9.59 Å². The van der Waals surface area contributed by atoms with Crippen molar-refractivity contribution in [3.05, 3.63) is 76.8 Å². The van der Waals surface area contributed by atoms with E-state index in [1.165, 1.54) is 0 Å². The highest BCUT2D eigenvalue weighted by Gasteiger charge is 2.28. The summed E-state index contributed by atoms with van der Waals surface area (Å²) < 4.78 is 1.99. The molecule has 0 atom stereocenters. The fourth-order valence-electron chi connectivity index (χ4n) is 4.81. The lowest BCUT2D eigenvalue weighted by atomic mass is 9.96. The van der Waals surface area contributed by atoms with Gasteiger partial charge < -0.3 is 30.3 Å². The Kier molecular flexibility index (Phi) is 4.49. The predicted molar refractivity (Wildman–Crippen MR) is 124 cm³/mol. The molecule has 0 aliphatic carbocycles. The van der Waals surface area contributed by atoms with Gasteiger partial charge in [0.2, 0.25) is 0 Å². The molecule has 1 saturated heterocycles. The molecule has 4 aliphatic rings. The average Bonchev–Trinajstić information content (AvgIpc) is 3.28. The van der Waals surface area contributed by atoms with Gasteiger partial charge in [0.05, 0.1) is 17.8 Å². The third-order valence-corrected chi connectivity index (χ3v) is 6.51. The first kappa shape index (κ1) is 19.7. The zero-order valence-corrected chi connectivity index (χ0v) is 18.4. The number of piperazine rings is 1. The average molecular weight is 444 g/mol. The molecule has 0 saturated carbocycles. The molecule has 3 N–H and O–H groups in total. The molecule has 4 aliphatic heterocycles. The molecule has 6 rings (SSSR count). The molecule has 2 amide bonds. The molecule has 1 fully saturated rings. The Balaban J connectivity index is 1.29. The molecule has 0 unspecified atom stereocenters. The molecule has 0 aromatic carbocycles. The van der Waals surface area contributed by atoms with Crippen LogP contribution in [0.15, 0.2) is 54.4 Å². The third kappa shape index (κ3) is 3.36. The number of aromatic nitrogens is 2. The maximum Gasteiger partial charge on any atom is 0.267 e. The highest BCUT2D eigenvalue weighted by molar-refractivity contribution is 5.99. The van der Waals surface area contributed by atoms with Crippen molar-refractivity contribution in [3.63, 3.8) is 0 Å². The van der Waals surface area contributed by atoms with Crippen LogP contribution in [0.2, 0.25) is 0 Å². The number of hydrogen-bond donors (Lipinski definition) is 3. The zero-order chi connectivity index (χ0) is 22.5. The molecule has 0 spiro atoms. The molecule has 0 radical (unpaired) electrons. The van der Waals surface area contributed by atoms with Crippen LogP contribution >= 0.6 is 0 Å². The normalized spacial score (nSPS) is 19.1. The Morgan fingerprint density at radius 1 is 1.15 bits per heavy atom. The molecule has 2 aromatic heterocycles. The van der Waals surface area contributed by atoms with E-state index in [0.717, 1.165) is 47.0 Å². The molecule has 0 bridgehead atoms. The van der Waals surface area contributed by atoms with Gasteiger partial charge in [-0.15, -0.1) is 0 Å². The molecule has 9 nitrogen and oxygen atoms in total. The van der Waals surface area contributed by atoms with Gasteiger partial charge in [0, 0.05) is 74.3 Å². The fraction of sp³-hybridized carbons (Fsp3) is 0.292. The summed E-state index contributed by atoms with van der Waals surface area (Å²) in [6.07, 6.45) is 9.80. The standard InChI is InChI=1S/C24H25N7O2/c1-15-12-29-6-7-31(14-18(29)11-27-15)24(33)16-8-20-19(2-3-25-22(20)28-10-16)17-9-21-23(32)26-4-5-30(21)13-17/h2,8-13,27H,3-7,14H2,1H3,(H,25,28)(H,26,32). The van der Waals surface area contributed by atoms with Crippen LogP contribution in [0.3, 0.4) is 0 Å². The van der Waals surface area contributed by atoms with Crippen molar-refractivity contribution in [2.24, 2.45) is 0 Å². The number of nitrogens with zero attached hydrogens (tertiary/aromatic N) is 4. The zero-order valence-electron chi connectivity index (χ0n) is 18.4. The Hall–Kier alpha value is -4.01. The summed E-state index contributed by atoms with van der Waals surface area (Å²) in [5, 5.41) is 9.41. The van der Waals surface area contributed by atoms with Crippen molar-refractivity contribution in [2.75, 3.05) is 38.0 Å². The summed E-state index contributed by atoms with van der Waals surface area (Å²) in [5.74, 6) is 0.667. The van der Waals surface area contributed by atoms with E-state index in [9.17, 15) is 9.59 Å². The first-order valence-corrected chi connectivity index (χ1v) is 11.2. The van der Waals surface area contributed by atoms with E-state index in [1.54, 1.807) is 6.20 Å². The van der Waals surface area contributed by atoms with Gasteiger partial charge in [0.1, 0.15) is 11.5 Å². The van der Waals surface area contributed by atoms with Crippen molar-refractivity contribution in [1.82, 2.24) is 30.0 Å². The molecular weight excluding hydrogens is 418 g/mol. The molecule has 33 heavy (non-hydrogen) atoms. The number of carbonyl (C=O) groups is 2. The smallest absolute Gasteiger partial charge is 0.267 e. The van der Waals surface area contributed by atoms with Crippen molar-refractivity contribution >= 4 is 23.2 Å². The quantitative estimate of drug-likeness (QED) is 0.652. The van der Waals surface area contributed by atoms with Crippen LogP contribution < -0.4 is 16.0 Å². The number of pyridine rings is 1. The summed E-state index contributed by atoms with van der Waals surface area (Å²) in [6, 6.07) is 3.84. The van der Waals surface area contributed by atoms with E-state index < -0.39 is 0 Å². The molecule has 9 heteroatoms. The predicted octanol–water partition coefficient (Wildman–Crippen LogP) is 1.55. The van der Waals surface area contributed by atoms with E-state index in [0.29, 0.717) is 37.4 Å². The maximum absolute atomic E-state index is 13.4. The molecule has 6 heterocycles. The lowest BCUT2D eigenvalue weighted by Crippen LogP contribution is -2.47. The Labute approximate surface area is 191 Å². The number of amides is 2. The van der Waals surface area contributed by atoms with E-state index in [2.05, 4.69) is 38.1 Å². The Morgan fingerprint density at radius 2 is 2.06 bits per heavy atom. The van der Waals surface area contributed by atoms with Crippen LogP contribution in [0, 0.1) is 0 Å². The Morgan fingerprint density at radius 3 is 2.94 bits per heavy atom. The second-order valence-electron chi connectivity index (χ2n) is 8.69. The largest absolute Gasteiger partial charge is 0.366 e. The van der Waals surface area contributed by atoms with Crippen molar-refractivity contribution in [3.8, 4) is 0 Å². The van der Waals surface area contributed by atoms with Crippen LogP contribution in [0.5, 0.6) is 0 Å². The minimum atomic E-state index is -0.0556. The van der Waals surface area contributed by atoms with E-state index in [-0.39, 0.29) is 11.8 Å². The Bertz CT molecular complexity index is 1270. The van der Waals surface area contributed by atoms with Gasteiger partial charge in [0.25, 0.3) is 11.8 Å². The first-order valence-electron chi connectivity index (χ1n) is 11.2. The van der Waals surface area contributed by atoms with Crippen LogP contribution in [0.4, 0.5) is 5.82 Å². The van der Waals surface area contributed by atoms with Crippen molar-refractivity contribution in [2.45, 2.75) is 13.5 Å². The number of hydrogen-bond acceptors (Lipinski definition) is 6. The van der Waals surface area contributed by atoms with Gasteiger partial charge in [-0.1, -0.05) is 6.08 Å².